The van der Waals surface area contributed by atoms with Crippen molar-refractivity contribution in [1.29, 1.82) is 0 Å². The molecule has 0 aliphatic carbocycles. The van der Waals surface area contributed by atoms with Crippen LogP contribution < -0.4 is 58.9 Å². The average Bonchev–Trinajstić information content (AvgIpc) is 3.05. The predicted octanol–water partition coefficient (Wildman–Crippen LogP) is -9.70. The quantitative estimate of drug-likeness (QED) is 0.0281. The third kappa shape index (κ3) is 22.0. The molecule has 0 aromatic heterocycles. The van der Waals surface area contributed by atoms with E-state index in [2.05, 4.69) is 73.9 Å². The van der Waals surface area contributed by atoms with Gasteiger partial charge in [-0.15, -0.1) is 0 Å². The Bertz CT molecular complexity index is 1000. The summed E-state index contributed by atoms with van der Waals surface area (Å²) in [4.78, 5) is 93.8. The van der Waals surface area contributed by atoms with Crippen LogP contribution in [0.15, 0.2) is 0 Å². The first-order chi connectivity index (χ1) is 22.7. The number of carboxylic acid groups (broad SMARTS) is 2. The zero-order valence-electron chi connectivity index (χ0n) is 26.9. The highest BCUT2D eigenvalue weighted by Gasteiger charge is 2.22. The molecule has 21 heteroatoms. The van der Waals surface area contributed by atoms with E-state index in [1.165, 1.54) is 0 Å². The molecule has 0 radical (unpaired) electrons. The largest absolute Gasteiger partial charge is 0.544 e. The molecule has 0 fully saturated rings. The summed E-state index contributed by atoms with van der Waals surface area (Å²) < 4.78 is 0. The van der Waals surface area contributed by atoms with Gasteiger partial charge in [0, 0.05) is 56.7 Å². The number of amides is 6. The molecule has 4 atom stereocenters. The van der Waals surface area contributed by atoms with Crippen molar-refractivity contribution in [1.82, 2.24) is 31.9 Å². The summed E-state index contributed by atoms with van der Waals surface area (Å²) in [7, 11) is 0. The standard InChI is InChI=1S/C27H49N9O10S2/c28-16(26(43)44)4-6-20(37)35-18(14-47)24(41)33-12-22(39)31-10-2-1-8-30-9-3-11-32-23(40)13-34-25(42)19(15-48)36-21(38)7-5-17(29)27(45)46/h16-19,30,47-48H,1-15,28-29H2,(H,31,39)(H,32,40)(H,33,41)(H,34,42)(H,35,37)(H,36,38)(H,43,44)(H,45,46)/p+1. The Morgan fingerprint density at radius 2 is 0.979 bits per heavy atom. The highest BCUT2D eigenvalue weighted by Crippen LogP contribution is 1.97. The summed E-state index contributed by atoms with van der Waals surface area (Å²) in [5, 5.41) is 38.5. The molecule has 14 N–H and O–H groups in total. The first-order valence-corrected chi connectivity index (χ1v) is 16.8. The number of quaternary nitrogens is 3. The Kier molecular flexibility index (Phi) is 24.3. The van der Waals surface area contributed by atoms with Crippen molar-refractivity contribution in [3.05, 3.63) is 0 Å². The minimum absolute atomic E-state index is 0.0224. The predicted molar refractivity (Wildman–Crippen MR) is 171 cm³/mol. The van der Waals surface area contributed by atoms with Crippen molar-refractivity contribution < 1.29 is 65.4 Å². The molecule has 0 aliphatic rings. The second kappa shape index (κ2) is 26.3. The van der Waals surface area contributed by atoms with Crippen LogP contribution in [0.1, 0.15) is 44.9 Å². The molecule has 0 aromatic carbocycles. The molecular weight excluding hydrogens is 674 g/mol. The van der Waals surface area contributed by atoms with Gasteiger partial charge in [0.05, 0.1) is 38.1 Å². The van der Waals surface area contributed by atoms with Crippen LogP contribution in [0.3, 0.4) is 0 Å². The number of thiol groups is 2. The number of nitrogens with two attached hydrogens (primary N) is 1. The lowest BCUT2D eigenvalue weighted by Gasteiger charge is -2.17. The summed E-state index contributed by atoms with van der Waals surface area (Å²) in [6.45, 7) is 1.74. The highest BCUT2D eigenvalue weighted by molar-refractivity contribution is 7.80. The van der Waals surface area contributed by atoms with E-state index in [1.54, 1.807) is 0 Å². The summed E-state index contributed by atoms with van der Waals surface area (Å²) >= 11 is 8.06. The van der Waals surface area contributed by atoms with E-state index >= 15 is 0 Å². The van der Waals surface area contributed by atoms with E-state index in [4.69, 9.17) is 0 Å². The highest BCUT2D eigenvalue weighted by atomic mass is 32.1. The Morgan fingerprint density at radius 3 is 1.38 bits per heavy atom. The molecule has 48 heavy (non-hydrogen) atoms. The lowest BCUT2D eigenvalue weighted by molar-refractivity contribution is -0.655. The number of nitrogens with one attached hydrogen (secondary N) is 6. The van der Waals surface area contributed by atoms with Crippen LogP contribution in [0, 0.1) is 0 Å². The minimum atomic E-state index is -1.37. The van der Waals surface area contributed by atoms with Crippen molar-refractivity contribution in [3.63, 3.8) is 0 Å². The van der Waals surface area contributed by atoms with Crippen molar-refractivity contribution in [2.24, 2.45) is 0 Å². The Morgan fingerprint density at radius 1 is 0.583 bits per heavy atom. The normalized spacial score (nSPS) is 13.2. The number of unbranched alkanes of at least 4 members (excludes halogenated alkanes) is 1. The number of rotatable bonds is 27. The molecule has 6 amide bonds. The van der Waals surface area contributed by atoms with Crippen LogP contribution in [-0.2, 0) is 38.4 Å². The fourth-order valence-electron chi connectivity index (χ4n) is 3.73. The van der Waals surface area contributed by atoms with Gasteiger partial charge in [-0.2, -0.15) is 25.3 Å². The summed E-state index contributed by atoms with van der Waals surface area (Å²) in [5.74, 6) is -5.89. The van der Waals surface area contributed by atoms with E-state index in [1.807, 2.05) is 0 Å². The van der Waals surface area contributed by atoms with Crippen molar-refractivity contribution in [2.75, 3.05) is 50.8 Å². The van der Waals surface area contributed by atoms with Gasteiger partial charge in [0.2, 0.25) is 35.4 Å². The number of aliphatic carboxylic acids is 2. The summed E-state index contributed by atoms with van der Waals surface area (Å²) in [6.07, 6.45) is 1.78. The first-order valence-electron chi connectivity index (χ1n) is 15.5. The third-order valence-electron chi connectivity index (χ3n) is 6.69. The van der Waals surface area contributed by atoms with Crippen molar-refractivity contribution in [3.8, 4) is 0 Å². The van der Waals surface area contributed by atoms with Gasteiger partial charge in [-0.05, 0) is 12.8 Å². The van der Waals surface area contributed by atoms with Crippen molar-refractivity contribution in [2.45, 2.75) is 69.1 Å². The summed E-state index contributed by atoms with van der Waals surface area (Å²) in [5.41, 5.74) is 6.72. The van der Waals surface area contributed by atoms with Gasteiger partial charge in [0.1, 0.15) is 24.2 Å². The fourth-order valence-corrected chi connectivity index (χ4v) is 4.25. The zero-order chi connectivity index (χ0) is 36.5. The van der Waals surface area contributed by atoms with Gasteiger partial charge < -0.3 is 68.5 Å². The van der Waals surface area contributed by atoms with Gasteiger partial charge >= 0.3 is 0 Å². The van der Waals surface area contributed by atoms with Crippen LogP contribution in [0.5, 0.6) is 0 Å². The lowest BCUT2D eigenvalue weighted by atomic mass is 10.1. The molecular formula is C27H50N9O10S2+. The second-order valence-electron chi connectivity index (χ2n) is 10.8. The van der Waals surface area contributed by atoms with Crippen LogP contribution in [0.25, 0.3) is 0 Å². The van der Waals surface area contributed by atoms with E-state index in [0.29, 0.717) is 25.9 Å². The Labute approximate surface area is 289 Å². The maximum absolute atomic E-state index is 12.3. The molecule has 0 rings (SSSR count). The van der Waals surface area contributed by atoms with E-state index in [0.717, 1.165) is 19.5 Å². The van der Waals surface area contributed by atoms with E-state index in [-0.39, 0.29) is 50.3 Å². The smallest absolute Gasteiger partial charge is 0.243 e. The van der Waals surface area contributed by atoms with E-state index < -0.39 is 71.5 Å². The van der Waals surface area contributed by atoms with Crippen LogP contribution in [-0.4, -0.2) is 122 Å². The average molecular weight is 725 g/mol. The SMILES string of the molecule is [NH3+]C(CCC(=O)NC(CS)C(=O)NCC(=O)NCCCC[NH2+]CCCNC(=O)CNC(=O)C(CS)NC(=O)CCC([NH3+])C(=O)[O-])C(=O)[O-]. The zero-order valence-corrected chi connectivity index (χ0v) is 28.7. The fraction of sp³-hybridized carbons (Fsp3) is 0.704. The second-order valence-corrected chi connectivity index (χ2v) is 11.5. The number of carbonyl (C=O) groups is 8. The summed E-state index contributed by atoms with van der Waals surface area (Å²) in [6, 6.07) is -4.09. The molecule has 0 saturated carbocycles. The van der Waals surface area contributed by atoms with Crippen LogP contribution in [0.2, 0.25) is 0 Å². The molecule has 4 unspecified atom stereocenters. The monoisotopic (exact) mass is 724 g/mol. The van der Waals surface area contributed by atoms with E-state index in [9.17, 15) is 48.6 Å². The number of hydrogen-bond acceptors (Lipinski definition) is 12. The molecule has 0 aromatic rings. The minimum Gasteiger partial charge on any atom is -0.544 e. The number of hydrogen-bond donors (Lipinski definition) is 11. The molecule has 0 aliphatic heterocycles. The third-order valence-corrected chi connectivity index (χ3v) is 7.42. The number of carboxylic acids is 2. The molecule has 19 nitrogen and oxygen atoms in total. The van der Waals surface area contributed by atoms with Crippen LogP contribution in [0.4, 0.5) is 0 Å². The van der Waals surface area contributed by atoms with Gasteiger partial charge in [-0.25, -0.2) is 0 Å². The van der Waals surface area contributed by atoms with Crippen molar-refractivity contribution >= 4 is 72.6 Å². The first kappa shape index (κ1) is 44.3. The van der Waals surface area contributed by atoms with Crippen LogP contribution >= 0.6 is 25.3 Å². The molecule has 0 heterocycles. The van der Waals surface area contributed by atoms with Gasteiger partial charge in [0.15, 0.2) is 0 Å². The maximum Gasteiger partial charge on any atom is 0.243 e. The van der Waals surface area contributed by atoms with Gasteiger partial charge in [-0.1, -0.05) is 0 Å². The maximum atomic E-state index is 12.3. The molecule has 274 valence electrons. The topological polar surface area (TPSA) is 327 Å². The number of carbonyl (C=O) groups excluding carboxylic acids is 8. The molecule has 0 spiro atoms. The lowest BCUT2D eigenvalue weighted by Crippen LogP contribution is -2.84. The van der Waals surface area contributed by atoms with Gasteiger partial charge in [-0.3, -0.25) is 28.8 Å². The molecule has 0 bridgehead atoms. The Balaban J connectivity index is 3.95. The Hall–Kier alpha value is -3.66. The van der Waals surface area contributed by atoms with Gasteiger partial charge in [0.25, 0.3) is 0 Å². The molecule has 0 saturated heterocycles.